The maximum atomic E-state index is 8.36. The predicted molar refractivity (Wildman–Crippen MR) is 33.3 cm³/mol. The Bertz CT molecular complexity index is 46.0. The van der Waals surface area contributed by atoms with Crippen LogP contribution < -0.4 is 0 Å². The quantitative estimate of drug-likeness (QED) is 0.355. The zero-order valence-electron chi connectivity index (χ0n) is 8.28. The van der Waals surface area contributed by atoms with Gasteiger partial charge in [-0.1, -0.05) is 0 Å². The third kappa shape index (κ3) is 266. The van der Waals surface area contributed by atoms with Crippen molar-refractivity contribution in [3.8, 4) is 0 Å². The van der Waals surface area contributed by atoms with E-state index in [-0.39, 0.29) is 79.4 Å². The Hall–Kier alpha value is 0.966. The minimum atomic E-state index is -0.250. The third-order valence-electron chi connectivity index (χ3n) is 0. The summed E-state index contributed by atoms with van der Waals surface area (Å²) in [6, 6.07) is 0. The van der Waals surface area contributed by atoms with Gasteiger partial charge in [0.2, 0.25) is 0 Å². The molecule has 0 saturated heterocycles. The Morgan fingerprint density at radius 3 is 1.12 bits per heavy atom. The van der Waals surface area contributed by atoms with Gasteiger partial charge in [-0.3, -0.25) is 9.59 Å². The normalized spacial score (nSPS) is 3.00. The molecule has 0 rings (SSSR count). The van der Waals surface area contributed by atoms with Crippen molar-refractivity contribution in [1.29, 1.82) is 0 Å². The molecule has 0 spiro atoms. The average Bonchev–Trinajstić information content (AvgIpc) is 1.39. The van der Waals surface area contributed by atoms with E-state index in [1.54, 1.807) is 0 Å². The van der Waals surface area contributed by atoms with Gasteiger partial charge >= 0.3 is 60.8 Å². The number of carbonyl (C=O) groups is 2. The summed E-state index contributed by atoms with van der Waals surface area (Å²) in [5.41, 5.74) is 0. The summed E-state index contributed by atoms with van der Waals surface area (Å²) in [5.74, 6) is 0. The fourth-order valence-corrected chi connectivity index (χ4v) is 0. The summed E-state index contributed by atoms with van der Waals surface area (Å²) in [6.07, 6.45) is 0. The van der Waals surface area contributed by atoms with E-state index in [4.69, 9.17) is 19.8 Å². The molecular formula is C2H8CaMgO4. The summed E-state index contributed by atoms with van der Waals surface area (Å²) >= 11 is 0. The second-order valence-corrected chi connectivity index (χ2v) is 0.211. The van der Waals surface area contributed by atoms with E-state index in [0.29, 0.717) is 0 Å². The predicted octanol–water partition coefficient (Wildman–Crippen LogP) is -0.910. The van der Waals surface area contributed by atoms with Gasteiger partial charge in [-0.2, -0.15) is 0 Å². The van der Waals surface area contributed by atoms with Gasteiger partial charge in [-0.15, -0.1) is 0 Å². The SMILES string of the molecule is O=CO.O=CO.[Ca+2].[H-].[H-].[H-].[H-].[Mg+2]. The van der Waals surface area contributed by atoms with Gasteiger partial charge in [-0.05, 0) is 0 Å². The van der Waals surface area contributed by atoms with Crippen molar-refractivity contribution in [3.63, 3.8) is 0 Å². The second-order valence-electron chi connectivity index (χ2n) is 0.211. The summed E-state index contributed by atoms with van der Waals surface area (Å²) in [4.78, 5) is 16.7. The second kappa shape index (κ2) is 43.9. The molecule has 0 heterocycles. The van der Waals surface area contributed by atoms with Crippen LogP contribution in [-0.4, -0.2) is 83.9 Å². The molecule has 0 aromatic carbocycles. The van der Waals surface area contributed by atoms with E-state index in [2.05, 4.69) is 0 Å². The largest absolute Gasteiger partial charge is 2.00 e. The van der Waals surface area contributed by atoms with Gasteiger partial charge in [0.1, 0.15) is 0 Å². The molecule has 0 unspecified atom stereocenters. The molecule has 0 aliphatic rings. The third-order valence-corrected chi connectivity index (χ3v) is 0. The van der Waals surface area contributed by atoms with Gasteiger partial charge in [0, 0.05) is 0 Å². The molecule has 4 nitrogen and oxygen atoms in total. The van der Waals surface area contributed by atoms with Crippen LogP contribution >= 0.6 is 0 Å². The van der Waals surface area contributed by atoms with E-state index < -0.39 is 0 Å². The molecule has 0 saturated carbocycles. The summed E-state index contributed by atoms with van der Waals surface area (Å²) in [5, 5.41) is 13.8. The molecule has 2 N–H and O–H groups in total. The Labute approximate surface area is 98.3 Å². The number of hydrogen-bond acceptors (Lipinski definition) is 2. The van der Waals surface area contributed by atoms with E-state index in [1.165, 1.54) is 0 Å². The minimum Gasteiger partial charge on any atom is -1.00 e. The van der Waals surface area contributed by atoms with Crippen LogP contribution in [0.3, 0.4) is 0 Å². The first-order valence-corrected chi connectivity index (χ1v) is 0.988. The Morgan fingerprint density at radius 2 is 1.12 bits per heavy atom. The van der Waals surface area contributed by atoms with Gasteiger partial charge in [0.25, 0.3) is 12.9 Å². The molecule has 0 fully saturated rings. The number of rotatable bonds is 0. The molecule has 0 bridgehead atoms. The number of hydrogen-bond donors (Lipinski definition) is 2. The molecule has 0 amide bonds. The maximum Gasteiger partial charge on any atom is 2.00 e. The zero-order valence-corrected chi connectivity index (χ0v) is 7.90. The zero-order chi connectivity index (χ0) is 5.41. The fourth-order valence-electron chi connectivity index (χ4n) is 0. The summed E-state index contributed by atoms with van der Waals surface area (Å²) in [7, 11) is 0. The van der Waals surface area contributed by atoms with Crippen molar-refractivity contribution < 1.29 is 25.5 Å². The van der Waals surface area contributed by atoms with Crippen molar-refractivity contribution >= 4 is 73.7 Å². The molecule has 8 heavy (non-hydrogen) atoms. The molecule has 0 atom stereocenters. The molecule has 0 radical (unpaired) electrons. The maximum absolute atomic E-state index is 8.36. The van der Waals surface area contributed by atoms with Crippen LogP contribution in [0.15, 0.2) is 0 Å². The molecule has 44 valence electrons. The van der Waals surface area contributed by atoms with Gasteiger partial charge in [0.15, 0.2) is 0 Å². The first kappa shape index (κ1) is 23.1. The monoisotopic (exact) mass is 160 g/mol. The summed E-state index contributed by atoms with van der Waals surface area (Å²) < 4.78 is 0. The van der Waals surface area contributed by atoms with Crippen molar-refractivity contribution in [3.05, 3.63) is 0 Å². The van der Waals surface area contributed by atoms with Gasteiger partial charge in [-0.25, -0.2) is 0 Å². The summed E-state index contributed by atoms with van der Waals surface area (Å²) in [6.45, 7) is -0.500. The standard InChI is InChI=1S/2CH2O2.Ca.Mg.4H/c2*2-1-3;;;;;;/h2*1H,(H,2,3);;;;;;/q;;2*+2;4*-1. The topological polar surface area (TPSA) is 74.6 Å². The van der Waals surface area contributed by atoms with Gasteiger partial charge < -0.3 is 15.9 Å². The van der Waals surface area contributed by atoms with Crippen LogP contribution in [0.25, 0.3) is 0 Å². The van der Waals surface area contributed by atoms with E-state index in [9.17, 15) is 0 Å². The van der Waals surface area contributed by atoms with Crippen molar-refractivity contribution in [2.45, 2.75) is 0 Å². The minimum absolute atomic E-state index is 0. The molecule has 0 aromatic heterocycles. The van der Waals surface area contributed by atoms with Crippen molar-refractivity contribution in [2.75, 3.05) is 0 Å². The molecule has 0 aliphatic carbocycles. The van der Waals surface area contributed by atoms with Crippen molar-refractivity contribution in [1.82, 2.24) is 0 Å². The van der Waals surface area contributed by atoms with Crippen LogP contribution in [0.5, 0.6) is 0 Å². The number of carboxylic acid groups (broad SMARTS) is 2. The van der Waals surface area contributed by atoms with Crippen LogP contribution in [-0.2, 0) is 9.59 Å². The van der Waals surface area contributed by atoms with Crippen LogP contribution in [0.2, 0.25) is 0 Å². The van der Waals surface area contributed by atoms with Crippen LogP contribution in [0.4, 0.5) is 0 Å². The van der Waals surface area contributed by atoms with Crippen LogP contribution in [0.1, 0.15) is 5.71 Å². The molecule has 0 aromatic rings. The smallest absolute Gasteiger partial charge is 1.00 e. The Balaban J connectivity index is -0.00000000296. The Morgan fingerprint density at radius 1 is 1.12 bits per heavy atom. The Kier molecular flexibility index (Phi) is 127. The van der Waals surface area contributed by atoms with E-state index in [1.807, 2.05) is 0 Å². The van der Waals surface area contributed by atoms with E-state index in [0.717, 1.165) is 0 Å². The van der Waals surface area contributed by atoms with Gasteiger partial charge in [0.05, 0.1) is 0 Å². The first-order chi connectivity index (χ1) is 2.83. The molecule has 0 aliphatic heterocycles. The molecule has 6 heteroatoms. The average molecular weight is 160 g/mol. The fraction of sp³-hybridized carbons (Fsp3) is 0. The van der Waals surface area contributed by atoms with E-state index >= 15 is 0 Å². The first-order valence-electron chi connectivity index (χ1n) is 0.988. The molecular weight excluding hydrogens is 152 g/mol. The van der Waals surface area contributed by atoms with Crippen molar-refractivity contribution in [2.24, 2.45) is 0 Å². The van der Waals surface area contributed by atoms with Crippen LogP contribution in [0, 0.1) is 0 Å².